The van der Waals surface area contributed by atoms with Gasteiger partial charge in [0.2, 0.25) is 0 Å². The van der Waals surface area contributed by atoms with Gasteiger partial charge in [-0.15, -0.1) is 0 Å². The lowest BCUT2D eigenvalue weighted by molar-refractivity contribution is 0.0945. The average molecular weight is 338 g/mol. The largest absolute Gasteiger partial charge is 0.458 e. The van der Waals surface area contributed by atoms with Crippen LogP contribution in [-0.4, -0.2) is 24.2 Å². The Bertz CT molecular complexity index is 697. The van der Waals surface area contributed by atoms with Crippen LogP contribution in [0.1, 0.15) is 44.0 Å². The molecule has 1 atom stereocenters. The molecule has 0 bridgehead atoms. The van der Waals surface area contributed by atoms with E-state index in [0.717, 1.165) is 30.1 Å². The van der Waals surface area contributed by atoms with E-state index in [9.17, 15) is 4.79 Å². The molecule has 0 aromatic heterocycles. The fraction of sp³-hybridized carbons (Fsp3) is 0.333. The second kappa shape index (κ2) is 9.62. The Hall–Kier alpha value is -2.62. The fourth-order valence-corrected chi connectivity index (χ4v) is 2.35. The van der Waals surface area contributed by atoms with Gasteiger partial charge in [0, 0.05) is 11.3 Å². The third-order valence-electron chi connectivity index (χ3n) is 3.70. The highest BCUT2D eigenvalue weighted by atomic mass is 16.5. The van der Waals surface area contributed by atoms with Crippen molar-refractivity contribution < 1.29 is 9.53 Å². The number of benzene rings is 1. The van der Waals surface area contributed by atoms with Gasteiger partial charge in [-0.05, 0) is 62.3 Å². The monoisotopic (exact) mass is 338 g/mol. The minimum atomic E-state index is -0.105. The van der Waals surface area contributed by atoms with Gasteiger partial charge < -0.3 is 10.1 Å². The van der Waals surface area contributed by atoms with Crippen molar-refractivity contribution >= 4 is 11.6 Å². The van der Waals surface area contributed by atoms with Gasteiger partial charge in [0.1, 0.15) is 11.5 Å². The number of carbonyl (C=O) groups excluding carboxylic acids is 1. The number of amides is 1. The van der Waals surface area contributed by atoms with Gasteiger partial charge in [-0.2, -0.15) is 0 Å². The normalized spacial score (nSPS) is 17.5. The maximum Gasteiger partial charge on any atom is 0.251 e. The van der Waals surface area contributed by atoms with Crippen molar-refractivity contribution in [1.29, 1.82) is 0 Å². The molecule has 2 rings (SSSR count). The molecule has 1 unspecified atom stereocenters. The van der Waals surface area contributed by atoms with Crippen molar-refractivity contribution in [1.82, 2.24) is 5.32 Å². The summed E-state index contributed by atoms with van der Waals surface area (Å²) in [5, 5.41) is 2.97. The first-order chi connectivity index (χ1) is 12.1. The van der Waals surface area contributed by atoms with Crippen LogP contribution in [-0.2, 0) is 0 Å². The molecule has 132 valence electrons. The number of aliphatic imine (C=N–C) groups is 1. The summed E-state index contributed by atoms with van der Waals surface area (Å²) in [6.07, 6.45) is 11.8. The van der Waals surface area contributed by atoms with E-state index in [1.807, 2.05) is 43.4 Å². The highest BCUT2D eigenvalue weighted by molar-refractivity contribution is 5.96. The minimum absolute atomic E-state index is 0.0506. The number of allylic oxidation sites excluding steroid dienone is 4. The number of hydrogen-bond acceptors (Lipinski definition) is 3. The number of dihydropyridines is 1. The molecule has 0 radical (unpaired) electrons. The van der Waals surface area contributed by atoms with E-state index in [0.29, 0.717) is 12.1 Å². The zero-order chi connectivity index (χ0) is 18.1. The zero-order valence-corrected chi connectivity index (χ0v) is 15.2. The highest BCUT2D eigenvalue weighted by Gasteiger charge is 2.13. The quantitative estimate of drug-likeness (QED) is 0.590. The maximum absolute atomic E-state index is 12.3. The fourth-order valence-electron chi connectivity index (χ4n) is 2.35. The van der Waals surface area contributed by atoms with Gasteiger partial charge in [-0.1, -0.05) is 26.0 Å². The van der Waals surface area contributed by atoms with E-state index in [4.69, 9.17) is 4.74 Å². The molecular weight excluding hydrogens is 312 g/mol. The van der Waals surface area contributed by atoms with E-state index in [1.54, 1.807) is 12.1 Å². The lowest BCUT2D eigenvalue weighted by Gasteiger charge is -2.16. The zero-order valence-electron chi connectivity index (χ0n) is 15.2. The number of nitrogens with zero attached hydrogens (tertiary/aromatic N) is 1. The van der Waals surface area contributed by atoms with Gasteiger partial charge in [0.25, 0.3) is 5.91 Å². The van der Waals surface area contributed by atoms with Crippen molar-refractivity contribution in [3.05, 3.63) is 66.0 Å². The first kappa shape index (κ1) is 18.7. The van der Waals surface area contributed by atoms with Crippen LogP contribution in [0.4, 0.5) is 0 Å². The minimum Gasteiger partial charge on any atom is -0.458 e. The summed E-state index contributed by atoms with van der Waals surface area (Å²) in [6.45, 7) is 6.69. The lowest BCUT2D eigenvalue weighted by Crippen LogP contribution is -2.36. The smallest absolute Gasteiger partial charge is 0.251 e. The molecule has 25 heavy (non-hydrogen) atoms. The van der Waals surface area contributed by atoms with Crippen molar-refractivity contribution in [2.75, 3.05) is 6.54 Å². The summed E-state index contributed by atoms with van der Waals surface area (Å²) in [5.41, 5.74) is 1.59. The number of hydrogen-bond donors (Lipinski definition) is 1. The van der Waals surface area contributed by atoms with Crippen LogP contribution in [0.3, 0.4) is 0 Å². The number of rotatable bonds is 7. The van der Waals surface area contributed by atoms with Gasteiger partial charge in [0.05, 0.1) is 12.6 Å². The van der Waals surface area contributed by atoms with Crippen LogP contribution in [0, 0.1) is 0 Å². The SMILES string of the molecule is CC/C=C\C(=C/CC)Oc1ccc(C(=O)NC2C=CC(C)=NC2)cc1. The average Bonchev–Trinajstić information content (AvgIpc) is 2.62. The summed E-state index contributed by atoms with van der Waals surface area (Å²) >= 11 is 0. The third-order valence-corrected chi connectivity index (χ3v) is 3.70. The Morgan fingerprint density at radius 1 is 1.28 bits per heavy atom. The van der Waals surface area contributed by atoms with Crippen LogP contribution >= 0.6 is 0 Å². The molecule has 1 heterocycles. The van der Waals surface area contributed by atoms with Gasteiger partial charge in [-0.25, -0.2) is 0 Å². The van der Waals surface area contributed by atoms with Crippen LogP contribution in [0.25, 0.3) is 0 Å². The molecule has 0 saturated carbocycles. The number of ether oxygens (including phenoxy) is 1. The predicted octanol–water partition coefficient (Wildman–Crippen LogP) is 4.45. The molecule has 0 aliphatic carbocycles. The molecule has 4 nitrogen and oxygen atoms in total. The third kappa shape index (κ3) is 6.07. The Morgan fingerprint density at radius 3 is 2.64 bits per heavy atom. The van der Waals surface area contributed by atoms with Crippen molar-refractivity contribution in [3.63, 3.8) is 0 Å². The van der Waals surface area contributed by atoms with Gasteiger partial charge in [0.15, 0.2) is 0 Å². The summed E-state index contributed by atoms with van der Waals surface area (Å²) in [4.78, 5) is 16.6. The van der Waals surface area contributed by atoms with Crippen LogP contribution in [0.5, 0.6) is 5.75 Å². The number of nitrogens with one attached hydrogen (secondary N) is 1. The molecule has 1 aliphatic rings. The van der Waals surface area contributed by atoms with Crippen molar-refractivity contribution in [3.8, 4) is 5.75 Å². The second-order valence-corrected chi connectivity index (χ2v) is 5.87. The molecule has 0 spiro atoms. The van der Waals surface area contributed by atoms with Crippen molar-refractivity contribution in [2.24, 2.45) is 4.99 Å². The van der Waals surface area contributed by atoms with E-state index < -0.39 is 0 Å². The molecule has 0 fully saturated rings. The first-order valence-electron chi connectivity index (χ1n) is 8.77. The molecule has 1 aromatic carbocycles. The molecular formula is C21H26N2O2. The highest BCUT2D eigenvalue weighted by Crippen LogP contribution is 2.17. The second-order valence-electron chi connectivity index (χ2n) is 5.87. The Morgan fingerprint density at radius 2 is 2.04 bits per heavy atom. The Kier molecular flexibility index (Phi) is 7.20. The number of carbonyl (C=O) groups is 1. The lowest BCUT2D eigenvalue weighted by atomic mass is 10.1. The molecule has 1 N–H and O–H groups in total. The van der Waals surface area contributed by atoms with Crippen LogP contribution in [0.15, 0.2) is 65.4 Å². The summed E-state index contributed by atoms with van der Waals surface area (Å²) in [7, 11) is 0. The van der Waals surface area contributed by atoms with E-state index in [2.05, 4.69) is 30.2 Å². The Balaban J connectivity index is 1.96. The van der Waals surface area contributed by atoms with Crippen molar-refractivity contribution in [2.45, 2.75) is 39.7 Å². The Labute approximate surface area is 150 Å². The molecule has 4 heteroatoms. The first-order valence-corrected chi connectivity index (χ1v) is 8.77. The van der Waals surface area contributed by atoms with Gasteiger partial charge in [-0.3, -0.25) is 9.79 Å². The standard InChI is InChI=1S/C21H26N2O2/c1-4-6-8-19(7-5-2)25-20-13-10-17(11-14-20)21(24)23-18-12-9-16(3)22-15-18/h6-14,18H,4-5,15H2,1-3H3,(H,23,24)/b8-6-,19-7+. The summed E-state index contributed by atoms with van der Waals surface area (Å²) in [6, 6.07) is 7.14. The maximum atomic E-state index is 12.3. The van der Waals surface area contributed by atoms with E-state index in [-0.39, 0.29) is 11.9 Å². The summed E-state index contributed by atoms with van der Waals surface area (Å²) in [5.74, 6) is 1.43. The van der Waals surface area contributed by atoms with E-state index >= 15 is 0 Å². The molecule has 1 amide bonds. The predicted molar refractivity (Wildman–Crippen MR) is 103 cm³/mol. The van der Waals surface area contributed by atoms with Crippen LogP contribution in [0.2, 0.25) is 0 Å². The van der Waals surface area contributed by atoms with Gasteiger partial charge >= 0.3 is 0 Å². The topological polar surface area (TPSA) is 50.7 Å². The molecule has 1 aliphatic heterocycles. The van der Waals surface area contributed by atoms with E-state index in [1.165, 1.54) is 0 Å². The molecule has 0 saturated heterocycles. The van der Waals surface area contributed by atoms with Crippen LogP contribution < -0.4 is 10.1 Å². The summed E-state index contributed by atoms with van der Waals surface area (Å²) < 4.78 is 5.87. The molecule has 1 aromatic rings.